The Morgan fingerprint density at radius 3 is 2.32 bits per heavy atom. The zero-order valence-electron chi connectivity index (χ0n) is 9.59. The topological polar surface area (TPSA) is 67.2 Å². The first-order valence-electron chi connectivity index (χ1n) is 5.19. The van der Waals surface area contributed by atoms with Gasteiger partial charge in [0.15, 0.2) is 6.10 Å². The summed E-state index contributed by atoms with van der Waals surface area (Å²) in [6.07, 6.45) is -1.56. The summed E-state index contributed by atoms with van der Waals surface area (Å²) in [5, 5.41) is 8.63. The molecule has 8 heteroatoms. The minimum atomic E-state index is -5.74. The van der Waals surface area contributed by atoms with Gasteiger partial charge in [0.25, 0.3) is 0 Å². The highest BCUT2D eigenvalue weighted by atomic mass is 32.2. The van der Waals surface area contributed by atoms with Crippen molar-refractivity contribution in [3.8, 4) is 6.07 Å². The molecule has 1 aromatic rings. The lowest BCUT2D eigenvalue weighted by Crippen LogP contribution is -2.29. The Bertz CT molecular complexity index is 549. The van der Waals surface area contributed by atoms with Gasteiger partial charge in [-0.2, -0.15) is 26.9 Å². The molecule has 0 amide bonds. The Balaban J connectivity index is 2.64. The van der Waals surface area contributed by atoms with Crippen LogP contribution in [0, 0.1) is 11.3 Å². The molecule has 0 aliphatic carbocycles. The zero-order chi connectivity index (χ0) is 14.5. The van der Waals surface area contributed by atoms with Gasteiger partial charge in [-0.3, -0.25) is 0 Å². The van der Waals surface area contributed by atoms with Crippen molar-refractivity contribution in [2.45, 2.75) is 24.5 Å². The van der Waals surface area contributed by atoms with Crippen molar-refractivity contribution in [3.63, 3.8) is 0 Å². The third-order valence-electron chi connectivity index (χ3n) is 2.21. The maximum Gasteiger partial charge on any atom is 0.523 e. The van der Waals surface area contributed by atoms with Crippen LogP contribution in [0.25, 0.3) is 0 Å². The van der Waals surface area contributed by atoms with Crippen molar-refractivity contribution in [2.24, 2.45) is 0 Å². The summed E-state index contributed by atoms with van der Waals surface area (Å²) < 4.78 is 61.5. The van der Waals surface area contributed by atoms with Gasteiger partial charge in [0.05, 0.1) is 6.07 Å². The van der Waals surface area contributed by atoms with E-state index in [-0.39, 0.29) is 12.8 Å². The van der Waals surface area contributed by atoms with E-state index in [1.54, 1.807) is 30.3 Å². The lowest BCUT2D eigenvalue weighted by atomic mass is 10.1. The molecule has 1 atom stereocenters. The number of nitrogens with zero attached hydrogens (tertiary/aromatic N) is 1. The van der Waals surface area contributed by atoms with Crippen LogP contribution in [-0.4, -0.2) is 20.0 Å². The van der Waals surface area contributed by atoms with Crippen LogP contribution in [0.5, 0.6) is 0 Å². The molecule has 104 valence electrons. The quantitative estimate of drug-likeness (QED) is 0.617. The van der Waals surface area contributed by atoms with Crippen LogP contribution in [0.3, 0.4) is 0 Å². The van der Waals surface area contributed by atoms with E-state index in [2.05, 4.69) is 4.18 Å². The lowest BCUT2D eigenvalue weighted by molar-refractivity contribution is -0.0559. The van der Waals surface area contributed by atoms with Crippen LogP contribution in [-0.2, 0) is 20.7 Å². The standard InChI is InChI=1S/C11H10F3NO3S/c12-11(13,14)19(16,17)18-10(8-15)7-6-9-4-2-1-3-5-9/h1-5,10H,6-7H2. The van der Waals surface area contributed by atoms with Crippen LogP contribution >= 0.6 is 0 Å². The zero-order valence-corrected chi connectivity index (χ0v) is 10.4. The molecule has 0 radical (unpaired) electrons. The number of halogens is 3. The number of nitriles is 1. The van der Waals surface area contributed by atoms with Crippen molar-refractivity contribution < 1.29 is 25.8 Å². The van der Waals surface area contributed by atoms with Crippen LogP contribution in [0.1, 0.15) is 12.0 Å². The lowest BCUT2D eigenvalue weighted by Gasteiger charge is -2.12. The van der Waals surface area contributed by atoms with E-state index in [0.29, 0.717) is 0 Å². The Labute approximate surface area is 108 Å². The fourth-order valence-corrected chi connectivity index (χ4v) is 1.84. The summed E-state index contributed by atoms with van der Waals surface area (Å²) >= 11 is 0. The number of aryl methyl sites for hydroxylation is 1. The molecule has 0 bridgehead atoms. The summed E-state index contributed by atoms with van der Waals surface area (Å²) in [4.78, 5) is 0. The van der Waals surface area contributed by atoms with Gasteiger partial charge in [-0.1, -0.05) is 30.3 Å². The molecule has 0 spiro atoms. The highest BCUT2D eigenvalue weighted by Gasteiger charge is 2.48. The largest absolute Gasteiger partial charge is 0.523 e. The molecule has 0 saturated carbocycles. The number of hydrogen-bond donors (Lipinski definition) is 0. The first-order valence-corrected chi connectivity index (χ1v) is 6.60. The number of hydrogen-bond acceptors (Lipinski definition) is 4. The summed E-state index contributed by atoms with van der Waals surface area (Å²) in [6, 6.07) is 10.0. The minimum absolute atomic E-state index is 0.143. The van der Waals surface area contributed by atoms with Crippen LogP contribution < -0.4 is 0 Å². The van der Waals surface area contributed by atoms with Gasteiger partial charge in [0.1, 0.15) is 0 Å². The third-order valence-corrected chi connectivity index (χ3v) is 3.26. The van der Waals surface area contributed by atoms with Gasteiger partial charge in [-0.25, -0.2) is 4.18 Å². The molecule has 1 rings (SSSR count). The minimum Gasteiger partial charge on any atom is -0.244 e. The van der Waals surface area contributed by atoms with Crippen molar-refractivity contribution in [1.82, 2.24) is 0 Å². The maximum absolute atomic E-state index is 12.1. The molecule has 0 aliphatic heterocycles. The monoisotopic (exact) mass is 293 g/mol. The highest BCUT2D eigenvalue weighted by molar-refractivity contribution is 7.87. The van der Waals surface area contributed by atoms with Crippen LogP contribution in [0.15, 0.2) is 30.3 Å². The summed E-state index contributed by atoms with van der Waals surface area (Å²) in [6.45, 7) is 0. The molecule has 0 heterocycles. The molecule has 4 nitrogen and oxygen atoms in total. The molecule has 1 aromatic carbocycles. The van der Waals surface area contributed by atoms with E-state index < -0.39 is 21.7 Å². The van der Waals surface area contributed by atoms with Gasteiger partial charge < -0.3 is 0 Å². The van der Waals surface area contributed by atoms with Crippen molar-refractivity contribution in [3.05, 3.63) is 35.9 Å². The first kappa shape index (κ1) is 15.5. The number of benzene rings is 1. The summed E-state index contributed by atoms with van der Waals surface area (Å²) in [5.41, 5.74) is -4.75. The maximum atomic E-state index is 12.1. The second kappa shape index (κ2) is 6.04. The molecule has 0 saturated heterocycles. The number of alkyl halides is 3. The smallest absolute Gasteiger partial charge is 0.244 e. The average Bonchev–Trinajstić information content (AvgIpc) is 2.34. The molecule has 0 fully saturated rings. The van der Waals surface area contributed by atoms with Crippen molar-refractivity contribution in [2.75, 3.05) is 0 Å². The van der Waals surface area contributed by atoms with E-state index >= 15 is 0 Å². The van der Waals surface area contributed by atoms with Crippen molar-refractivity contribution >= 4 is 10.1 Å². The Kier molecular flexibility index (Phi) is 4.91. The molecule has 0 N–H and O–H groups in total. The SMILES string of the molecule is N#CC(CCc1ccccc1)OS(=O)(=O)C(F)(F)F. The van der Waals surface area contributed by atoms with E-state index in [1.165, 1.54) is 6.07 Å². The Morgan fingerprint density at radius 2 is 1.84 bits per heavy atom. The second-order valence-electron chi connectivity index (χ2n) is 3.64. The predicted molar refractivity (Wildman–Crippen MR) is 60.2 cm³/mol. The van der Waals surface area contributed by atoms with Gasteiger partial charge in [-0.05, 0) is 18.4 Å². The molecular formula is C11H10F3NO3S. The van der Waals surface area contributed by atoms with Gasteiger partial charge in [0.2, 0.25) is 0 Å². The normalized spacial score (nSPS) is 13.8. The van der Waals surface area contributed by atoms with Crippen LogP contribution in [0.4, 0.5) is 13.2 Å². The van der Waals surface area contributed by atoms with E-state index in [1.807, 2.05) is 0 Å². The summed E-state index contributed by atoms with van der Waals surface area (Å²) in [7, 11) is -5.74. The molecule has 0 aromatic heterocycles. The van der Waals surface area contributed by atoms with E-state index in [4.69, 9.17) is 5.26 Å². The highest BCUT2D eigenvalue weighted by Crippen LogP contribution is 2.26. The van der Waals surface area contributed by atoms with E-state index in [9.17, 15) is 21.6 Å². The summed E-state index contributed by atoms with van der Waals surface area (Å²) in [5.74, 6) is 0. The predicted octanol–water partition coefficient (Wildman–Crippen LogP) is 2.38. The molecule has 1 unspecified atom stereocenters. The van der Waals surface area contributed by atoms with E-state index in [0.717, 1.165) is 5.56 Å². The second-order valence-corrected chi connectivity index (χ2v) is 5.20. The van der Waals surface area contributed by atoms with Gasteiger partial charge in [0, 0.05) is 0 Å². The molecule has 19 heavy (non-hydrogen) atoms. The van der Waals surface area contributed by atoms with Crippen molar-refractivity contribution in [1.29, 1.82) is 5.26 Å². The fraction of sp³-hybridized carbons (Fsp3) is 0.364. The van der Waals surface area contributed by atoms with Crippen LogP contribution in [0.2, 0.25) is 0 Å². The first-order chi connectivity index (χ1) is 8.76. The fourth-order valence-electron chi connectivity index (χ4n) is 1.28. The number of rotatable bonds is 5. The molecular weight excluding hydrogens is 283 g/mol. The molecule has 0 aliphatic rings. The van der Waals surface area contributed by atoms with Gasteiger partial charge >= 0.3 is 15.6 Å². The Hall–Kier alpha value is -1.59. The van der Waals surface area contributed by atoms with Gasteiger partial charge in [-0.15, -0.1) is 0 Å². The average molecular weight is 293 g/mol. The Morgan fingerprint density at radius 1 is 1.26 bits per heavy atom. The third kappa shape index (κ3) is 4.54.